The third kappa shape index (κ3) is 4.07. The fourth-order valence-corrected chi connectivity index (χ4v) is 3.09. The number of sulfonamides is 1. The predicted octanol–water partition coefficient (Wildman–Crippen LogP) is 2.61. The van der Waals surface area contributed by atoms with Crippen molar-refractivity contribution in [3.63, 3.8) is 0 Å². The minimum atomic E-state index is -3.64. The number of benzene rings is 2. The van der Waals surface area contributed by atoms with Crippen LogP contribution in [0.1, 0.15) is 15.9 Å². The number of rotatable bonds is 5. The zero-order valence-corrected chi connectivity index (χ0v) is 13.3. The molecular weight excluding hydrogens is 326 g/mol. The average Bonchev–Trinajstić information content (AvgIpc) is 2.53. The van der Waals surface area contributed by atoms with Crippen LogP contribution < -0.4 is 4.72 Å². The monoisotopic (exact) mass is 339 g/mol. The van der Waals surface area contributed by atoms with E-state index >= 15 is 0 Å². The Kier molecular flexibility index (Phi) is 5.18. The first kappa shape index (κ1) is 16.5. The number of esters is 1. The van der Waals surface area contributed by atoms with E-state index in [4.69, 9.17) is 11.6 Å². The minimum absolute atomic E-state index is 0.103. The molecule has 0 aromatic heterocycles. The summed E-state index contributed by atoms with van der Waals surface area (Å²) < 4.78 is 31.3. The van der Waals surface area contributed by atoms with Gasteiger partial charge >= 0.3 is 5.97 Å². The van der Waals surface area contributed by atoms with Crippen molar-refractivity contribution in [1.29, 1.82) is 0 Å². The molecule has 0 radical (unpaired) electrons. The number of hydrogen-bond donors (Lipinski definition) is 1. The molecule has 0 atom stereocenters. The van der Waals surface area contributed by atoms with Crippen LogP contribution in [0.2, 0.25) is 5.02 Å². The van der Waals surface area contributed by atoms with E-state index in [2.05, 4.69) is 9.46 Å². The molecule has 5 nitrogen and oxygen atoms in total. The first-order valence-electron chi connectivity index (χ1n) is 6.35. The van der Waals surface area contributed by atoms with Crippen LogP contribution in [0.25, 0.3) is 0 Å². The molecular formula is C15H14ClNO4S. The maximum atomic E-state index is 12.1. The summed E-state index contributed by atoms with van der Waals surface area (Å²) >= 11 is 5.79. The molecule has 22 heavy (non-hydrogen) atoms. The summed E-state index contributed by atoms with van der Waals surface area (Å²) in [6.07, 6.45) is 0. The quantitative estimate of drug-likeness (QED) is 0.850. The second kappa shape index (κ2) is 6.91. The Hall–Kier alpha value is -1.89. The van der Waals surface area contributed by atoms with Crippen LogP contribution in [-0.4, -0.2) is 21.5 Å². The van der Waals surface area contributed by atoms with E-state index in [1.807, 2.05) is 0 Å². The summed E-state index contributed by atoms with van der Waals surface area (Å²) in [4.78, 5) is 11.4. The van der Waals surface area contributed by atoms with Gasteiger partial charge in [0.15, 0.2) is 0 Å². The van der Waals surface area contributed by atoms with E-state index in [-0.39, 0.29) is 11.4 Å². The second-order valence-electron chi connectivity index (χ2n) is 4.47. The minimum Gasteiger partial charge on any atom is -0.465 e. The smallest absolute Gasteiger partial charge is 0.337 e. The Balaban J connectivity index is 2.07. The standard InChI is InChI=1S/C15H14ClNO4S/c1-21-15(18)12-7-5-11(6-8-12)10-17-22(19,20)14-4-2-3-13(16)9-14/h2-9,17H,10H2,1H3. The third-order valence-electron chi connectivity index (χ3n) is 2.95. The normalized spacial score (nSPS) is 11.2. The summed E-state index contributed by atoms with van der Waals surface area (Å²) in [5.74, 6) is -0.439. The third-order valence-corrected chi connectivity index (χ3v) is 4.58. The second-order valence-corrected chi connectivity index (χ2v) is 6.67. The van der Waals surface area contributed by atoms with Gasteiger partial charge in [0.05, 0.1) is 17.6 Å². The van der Waals surface area contributed by atoms with Crippen molar-refractivity contribution >= 4 is 27.6 Å². The van der Waals surface area contributed by atoms with Gasteiger partial charge in [0.1, 0.15) is 0 Å². The molecule has 0 spiro atoms. The number of carbonyl (C=O) groups is 1. The van der Waals surface area contributed by atoms with Crippen molar-refractivity contribution in [1.82, 2.24) is 4.72 Å². The molecule has 2 aromatic carbocycles. The molecule has 0 unspecified atom stereocenters. The highest BCUT2D eigenvalue weighted by atomic mass is 35.5. The number of nitrogens with one attached hydrogen (secondary N) is 1. The first-order chi connectivity index (χ1) is 10.4. The molecule has 0 fully saturated rings. The molecule has 1 N–H and O–H groups in total. The molecule has 0 heterocycles. The SMILES string of the molecule is COC(=O)c1ccc(CNS(=O)(=O)c2cccc(Cl)c2)cc1. The number of carbonyl (C=O) groups excluding carboxylic acids is 1. The van der Waals surface area contributed by atoms with Gasteiger partial charge < -0.3 is 4.74 Å². The van der Waals surface area contributed by atoms with Crippen molar-refractivity contribution in [3.8, 4) is 0 Å². The van der Waals surface area contributed by atoms with Gasteiger partial charge in [0.25, 0.3) is 0 Å². The van der Waals surface area contributed by atoms with Crippen LogP contribution in [0.3, 0.4) is 0 Å². The van der Waals surface area contributed by atoms with E-state index in [1.165, 1.54) is 19.2 Å². The fraction of sp³-hybridized carbons (Fsp3) is 0.133. The fourth-order valence-electron chi connectivity index (χ4n) is 1.77. The van der Waals surface area contributed by atoms with Crippen molar-refractivity contribution in [2.24, 2.45) is 0 Å². The molecule has 7 heteroatoms. The van der Waals surface area contributed by atoms with Crippen molar-refractivity contribution in [3.05, 3.63) is 64.7 Å². The molecule has 0 saturated heterocycles. The van der Waals surface area contributed by atoms with Crippen molar-refractivity contribution in [2.45, 2.75) is 11.4 Å². The van der Waals surface area contributed by atoms with E-state index in [1.54, 1.807) is 36.4 Å². The van der Waals surface area contributed by atoms with E-state index in [0.29, 0.717) is 10.6 Å². The largest absolute Gasteiger partial charge is 0.465 e. The van der Waals surface area contributed by atoms with Crippen LogP contribution in [0.15, 0.2) is 53.4 Å². The lowest BCUT2D eigenvalue weighted by Crippen LogP contribution is -2.23. The van der Waals surface area contributed by atoms with Crippen LogP contribution in [0, 0.1) is 0 Å². The maximum absolute atomic E-state index is 12.1. The number of hydrogen-bond acceptors (Lipinski definition) is 4. The molecule has 2 aromatic rings. The summed E-state index contributed by atoms with van der Waals surface area (Å²) in [6, 6.07) is 12.5. The van der Waals surface area contributed by atoms with Gasteiger partial charge in [-0.1, -0.05) is 29.8 Å². The topological polar surface area (TPSA) is 72.5 Å². The predicted molar refractivity (Wildman–Crippen MR) is 83.3 cm³/mol. The molecule has 116 valence electrons. The van der Waals surface area contributed by atoms with Gasteiger partial charge in [-0.05, 0) is 35.9 Å². The Labute approximate surface area is 133 Å². The lowest BCUT2D eigenvalue weighted by molar-refractivity contribution is 0.0600. The Morgan fingerprint density at radius 1 is 1.18 bits per heavy atom. The highest BCUT2D eigenvalue weighted by Gasteiger charge is 2.14. The zero-order valence-electron chi connectivity index (χ0n) is 11.7. The molecule has 2 rings (SSSR count). The highest BCUT2D eigenvalue weighted by Crippen LogP contribution is 2.15. The van der Waals surface area contributed by atoms with Crippen LogP contribution in [0.5, 0.6) is 0 Å². The Morgan fingerprint density at radius 3 is 2.45 bits per heavy atom. The lowest BCUT2D eigenvalue weighted by atomic mass is 10.1. The first-order valence-corrected chi connectivity index (χ1v) is 8.21. The van der Waals surface area contributed by atoms with Crippen LogP contribution >= 0.6 is 11.6 Å². The summed E-state index contributed by atoms with van der Waals surface area (Å²) in [7, 11) is -2.34. The highest BCUT2D eigenvalue weighted by molar-refractivity contribution is 7.89. The zero-order chi connectivity index (χ0) is 16.2. The van der Waals surface area contributed by atoms with Gasteiger partial charge in [-0.25, -0.2) is 17.9 Å². The van der Waals surface area contributed by atoms with Gasteiger partial charge in [-0.15, -0.1) is 0 Å². The number of ether oxygens (including phenoxy) is 1. The lowest BCUT2D eigenvalue weighted by Gasteiger charge is -2.07. The van der Waals surface area contributed by atoms with Crippen LogP contribution in [-0.2, 0) is 21.3 Å². The summed E-state index contributed by atoms with van der Waals surface area (Å²) in [5.41, 5.74) is 1.13. The average molecular weight is 340 g/mol. The van der Waals surface area contributed by atoms with Gasteiger partial charge in [-0.2, -0.15) is 0 Å². The number of halogens is 1. The van der Waals surface area contributed by atoms with Gasteiger partial charge in [0.2, 0.25) is 10.0 Å². The Morgan fingerprint density at radius 2 is 1.86 bits per heavy atom. The summed E-state index contributed by atoms with van der Waals surface area (Å²) in [5, 5.41) is 0.352. The van der Waals surface area contributed by atoms with Crippen molar-refractivity contribution in [2.75, 3.05) is 7.11 Å². The van der Waals surface area contributed by atoms with E-state index in [0.717, 1.165) is 5.56 Å². The maximum Gasteiger partial charge on any atom is 0.337 e. The Bertz CT molecular complexity index is 772. The van der Waals surface area contributed by atoms with E-state index in [9.17, 15) is 13.2 Å². The molecule has 0 bridgehead atoms. The van der Waals surface area contributed by atoms with Gasteiger partial charge in [0, 0.05) is 11.6 Å². The number of methoxy groups -OCH3 is 1. The molecule has 0 amide bonds. The molecule has 0 aliphatic rings. The summed E-state index contributed by atoms with van der Waals surface area (Å²) in [6.45, 7) is 0.107. The van der Waals surface area contributed by atoms with Crippen LogP contribution in [0.4, 0.5) is 0 Å². The van der Waals surface area contributed by atoms with Gasteiger partial charge in [-0.3, -0.25) is 0 Å². The molecule has 0 aliphatic carbocycles. The molecule has 0 aliphatic heterocycles. The molecule has 0 saturated carbocycles. The van der Waals surface area contributed by atoms with E-state index < -0.39 is 16.0 Å². The van der Waals surface area contributed by atoms with Crippen molar-refractivity contribution < 1.29 is 17.9 Å².